The molecule has 0 spiro atoms. The van der Waals surface area contributed by atoms with E-state index in [1.807, 2.05) is 109 Å². The molecule has 8 N–H and O–H groups in total. The molecule has 0 aliphatic carbocycles. The first-order valence-corrected chi connectivity index (χ1v) is 45.6. The van der Waals surface area contributed by atoms with Gasteiger partial charge in [0.05, 0.1) is 78.7 Å². The number of methoxy groups -OCH3 is 1. The third-order valence-electron chi connectivity index (χ3n) is 21.3. The minimum Gasteiger partial charge on any atom is -0.540 e. The van der Waals surface area contributed by atoms with Crippen molar-refractivity contribution < 1.29 is 126 Å². The molecular formula is C119H122Ir4N8O9-4. The molecular weight excluding hydrogens is 2450 g/mol. The summed E-state index contributed by atoms with van der Waals surface area (Å²) in [7, 11) is 1.65. The van der Waals surface area contributed by atoms with Crippen molar-refractivity contribution in [2.45, 2.75) is 158 Å². The van der Waals surface area contributed by atoms with E-state index in [9.17, 15) is 0 Å². The van der Waals surface area contributed by atoms with Gasteiger partial charge in [0, 0.05) is 103 Å². The van der Waals surface area contributed by atoms with Crippen LogP contribution in [0.3, 0.4) is 0 Å². The summed E-state index contributed by atoms with van der Waals surface area (Å²) in [6.45, 7) is 21.7. The number of hydrogen-bond acceptors (Lipinski definition) is 17. The van der Waals surface area contributed by atoms with Crippen LogP contribution >= 0.6 is 0 Å². The number of ether oxygens (including phenoxy) is 1. The van der Waals surface area contributed by atoms with Gasteiger partial charge in [0.15, 0.2) is 0 Å². The maximum absolute atomic E-state index is 8.56. The Balaban J connectivity index is 0.000000260. The van der Waals surface area contributed by atoms with Crippen LogP contribution in [0.4, 0.5) is 0 Å². The molecule has 0 saturated heterocycles. The van der Waals surface area contributed by atoms with E-state index in [0.717, 1.165) is 101 Å². The van der Waals surface area contributed by atoms with E-state index in [1.54, 1.807) is 87.8 Å². The van der Waals surface area contributed by atoms with Gasteiger partial charge in [0.2, 0.25) is 0 Å². The first kappa shape index (κ1) is 117. The van der Waals surface area contributed by atoms with Crippen molar-refractivity contribution in [1.29, 1.82) is 0 Å². The van der Waals surface area contributed by atoms with Crippen molar-refractivity contribution in [2.75, 3.05) is 7.11 Å². The quantitative estimate of drug-likeness (QED) is 0.0293. The number of hydrogen-bond donors (Lipinski definition) is 8. The summed E-state index contributed by atoms with van der Waals surface area (Å²) in [4.78, 5) is 35.8. The maximum atomic E-state index is 8.56. The number of aryl methyl sites for hydroxylation is 4. The van der Waals surface area contributed by atoms with Crippen molar-refractivity contribution in [3.05, 3.63) is 405 Å². The van der Waals surface area contributed by atoms with Crippen molar-refractivity contribution in [2.24, 2.45) is 0 Å². The average molecular weight is 2580 g/mol. The predicted molar refractivity (Wildman–Crippen MR) is 552 cm³/mol. The molecule has 0 bridgehead atoms. The van der Waals surface area contributed by atoms with Crippen LogP contribution in [0.5, 0.6) is 5.75 Å². The maximum Gasteiger partial charge on any atom is 0.106 e. The second-order valence-corrected chi connectivity index (χ2v) is 33.5. The zero-order chi connectivity index (χ0) is 97.3. The Morgan fingerprint density at radius 3 is 0.786 bits per heavy atom. The smallest absolute Gasteiger partial charge is 0.106 e. The standard InChI is InChI=1S/2C28H19N2.C24H19N2.C19H17N2O.4C5H12O2.4Ir/c1-3-9-21(10-4-1)23-13-7-15-25(17-23)27-19-28(30-20-29-27)26-16-8-14-24(18-26)22-11-5-2-6-12-22;1-3-7-21(8-4-1)23-11-15-25(16-12-23)27-19-28(30-20-29-27)26-17-13-24(14-18-26)22-9-5-2-6-10-22;1-17-8-6-9-18(2)24(17)23-15-22(25-16-26-23)21-13-7-12-20(14-21)19-10-4-3-5-11-19;1-13-5-4-6-14(2)19(13)18-11-17(20-12-21-18)15-7-9-16(22-3)10-8-15;4*1-4(6)3-5(2)7;;;;/h1-15,17-20H;1-17,19-20H;3-12,14-16H,1-2H3;4-7,9-12H,1-3H3;4*4-7H,3H2,1-2H3;;;;/q4*-1;;;;;;;;. The van der Waals surface area contributed by atoms with E-state index in [4.69, 9.17) is 45.6 Å². The topological polar surface area (TPSA) is 274 Å². The molecule has 140 heavy (non-hydrogen) atoms. The SMILES string of the molecule is CC(O)CC(C)O.CC(O)CC(C)O.CC(O)CC(C)O.CC(O)CC(C)O.COc1c[c-]c(-c2cc(-c3c(C)cccc3C)ncn2)cc1.Cc1cccc(C)c1-c1cc(-c2[c-]ccc(-c3ccccc3)c2)ncn1.[Ir].[Ir].[Ir].[Ir].[c-]1cc(-c2ccccc2)ccc1-c1cc(-c2ccc(-c3ccccc3)cc2)ncn1.[c-]1ccc(-c2ccccc2)cc1-c1cc(-c2cccc(-c3ccccc3)c2)ncn1. The number of benzene rings is 13. The molecule has 0 aliphatic rings. The first-order valence-electron chi connectivity index (χ1n) is 45.6. The summed E-state index contributed by atoms with van der Waals surface area (Å²) in [6.07, 6.45) is 5.38. The molecule has 8 atom stereocenters. The molecule has 4 heterocycles. The molecule has 732 valence electrons. The van der Waals surface area contributed by atoms with Gasteiger partial charge >= 0.3 is 0 Å². The van der Waals surface area contributed by atoms with Gasteiger partial charge in [-0.05, 0) is 199 Å². The molecule has 17 aromatic rings. The molecule has 21 heteroatoms. The Hall–Kier alpha value is -11.7. The summed E-state index contributed by atoms with van der Waals surface area (Å²) in [5.74, 6) is 0.785. The van der Waals surface area contributed by atoms with Crippen molar-refractivity contribution >= 4 is 0 Å². The minimum absolute atomic E-state index is 0. The summed E-state index contributed by atoms with van der Waals surface area (Å²) in [5.41, 5.74) is 32.1. The van der Waals surface area contributed by atoms with Gasteiger partial charge in [-0.1, -0.05) is 266 Å². The van der Waals surface area contributed by atoms with Crippen molar-refractivity contribution in [1.82, 2.24) is 39.9 Å². The van der Waals surface area contributed by atoms with Crippen LogP contribution < -0.4 is 4.74 Å². The van der Waals surface area contributed by atoms with Crippen LogP contribution in [0.25, 0.3) is 146 Å². The third-order valence-corrected chi connectivity index (χ3v) is 21.3. The second kappa shape index (κ2) is 61.7. The summed E-state index contributed by atoms with van der Waals surface area (Å²) in [6, 6.07) is 127. The zero-order valence-corrected chi connectivity index (χ0v) is 90.5. The van der Waals surface area contributed by atoms with E-state index in [1.165, 1.54) is 72.3 Å². The van der Waals surface area contributed by atoms with Gasteiger partial charge in [-0.15, -0.1) is 130 Å². The molecule has 17 rings (SSSR count). The van der Waals surface area contributed by atoms with Crippen molar-refractivity contribution in [3.63, 3.8) is 0 Å². The van der Waals surface area contributed by atoms with Gasteiger partial charge in [-0.3, -0.25) is 19.9 Å². The van der Waals surface area contributed by atoms with E-state index < -0.39 is 0 Å². The molecule has 0 amide bonds. The molecule has 0 saturated carbocycles. The largest absolute Gasteiger partial charge is 0.540 e. The van der Waals surface area contributed by atoms with Crippen LogP contribution in [-0.4, -0.2) is 137 Å². The van der Waals surface area contributed by atoms with Crippen LogP contribution in [-0.2, 0) is 80.4 Å². The monoisotopic (exact) mass is 2580 g/mol. The second-order valence-electron chi connectivity index (χ2n) is 33.5. The Bertz CT molecular complexity index is 6100. The fourth-order valence-corrected chi connectivity index (χ4v) is 14.9. The van der Waals surface area contributed by atoms with Gasteiger partial charge in [-0.25, -0.2) is 19.9 Å². The number of rotatable bonds is 22. The molecule has 0 fully saturated rings. The van der Waals surface area contributed by atoms with Crippen LogP contribution in [0.2, 0.25) is 0 Å². The van der Waals surface area contributed by atoms with Crippen LogP contribution in [0.15, 0.2) is 359 Å². The Labute approximate surface area is 880 Å². The van der Waals surface area contributed by atoms with Gasteiger partial charge in [-0.2, -0.15) is 0 Å². The third kappa shape index (κ3) is 38.7. The summed E-state index contributed by atoms with van der Waals surface area (Å²) >= 11 is 0. The fraction of sp³-hybridized carbons (Fsp3) is 0.210. The number of nitrogens with zero attached hydrogens (tertiary/aromatic N) is 8. The molecule has 8 unspecified atom stereocenters. The van der Waals surface area contributed by atoms with Crippen LogP contribution in [0, 0.1) is 52.0 Å². The van der Waals surface area contributed by atoms with Gasteiger partial charge < -0.3 is 45.6 Å². The number of aliphatic hydroxyl groups excluding tert-OH is 8. The Morgan fingerprint density at radius 1 is 0.221 bits per heavy atom. The normalized spacial score (nSPS) is 12.0. The van der Waals surface area contributed by atoms with Gasteiger partial charge in [0.1, 0.15) is 25.3 Å². The summed E-state index contributed by atoms with van der Waals surface area (Å²) in [5, 5.41) is 68.5. The first-order chi connectivity index (χ1) is 65.6. The molecule has 4 radical (unpaired) electrons. The molecule has 4 aromatic heterocycles. The molecule has 0 aliphatic heterocycles. The molecule has 17 nitrogen and oxygen atoms in total. The van der Waals surface area contributed by atoms with Crippen LogP contribution in [0.1, 0.15) is 103 Å². The van der Waals surface area contributed by atoms with Crippen molar-refractivity contribution in [3.8, 4) is 151 Å². The minimum atomic E-state index is -0.375. The Morgan fingerprint density at radius 2 is 0.471 bits per heavy atom. The average Bonchev–Trinajstić information content (AvgIpc) is 0.809. The van der Waals surface area contributed by atoms with E-state index in [2.05, 4.69) is 316 Å². The number of aliphatic hydroxyl groups is 8. The van der Waals surface area contributed by atoms with E-state index >= 15 is 0 Å². The Kier molecular flexibility index (Phi) is 51.6. The summed E-state index contributed by atoms with van der Waals surface area (Å²) < 4.78 is 5.17. The zero-order valence-electron chi connectivity index (χ0n) is 80.9. The van der Waals surface area contributed by atoms with E-state index in [0.29, 0.717) is 25.7 Å². The molecule has 13 aromatic carbocycles. The predicted octanol–water partition coefficient (Wildman–Crippen LogP) is 24.6. The fourth-order valence-electron chi connectivity index (χ4n) is 14.9. The van der Waals surface area contributed by atoms with Gasteiger partial charge in [0.25, 0.3) is 0 Å². The number of aromatic nitrogens is 8. The van der Waals surface area contributed by atoms with E-state index in [-0.39, 0.29) is 129 Å².